The molecule has 0 aliphatic heterocycles. The molecule has 5 nitrogen and oxygen atoms in total. The Morgan fingerprint density at radius 1 is 1.69 bits per heavy atom. The zero-order valence-electron chi connectivity index (χ0n) is 8.34. The lowest BCUT2D eigenvalue weighted by molar-refractivity contribution is 0.0659. The summed E-state index contributed by atoms with van der Waals surface area (Å²) in [7, 11) is 0. The average Bonchev–Trinajstić information content (AvgIpc) is 2.83. The third kappa shape index (κ3) is 2.42. The second-order valence-electron chi connectivity index (χ2n) is 3.02. The van der Waals surface area contributed by atoms with E-state index in [1.165, 1.54) is 23.1 Å². The molecule has 2 rings (SSSR count). The minimum Gasteiger partial charge on any atom is -0.475 e. The van der Waals surface area contributed by atoms with Crippen LogP contribution in [-0.4, -0.2) is 21.3 Å². The van der Waals surface area contributed by atoms with Gasteiger partial charge in [-0.2, -0.15) is 0 Å². The molecule has 0 aliphatic carbocycles. The monoisotopic (exact) mass is 256 g/mol. The molecule has 0 atom stereocenters. The number of carboxylic acid groups (broad SMARTS) is 1. The SMILES string of the molecule is Cc1cc(CSc2nncs2)oc1C(=O)O. The van der Waals surface area contributed by atoms with Crippen molar-refractivity contribution in [2.75, 3.05) is 0 Å². The molecular weight excluding hydrogens is 248 g/mol. The number of aromatic nitrogens is 2. The molecule has 0 amide bonds. The van der Waals surface area contributed by atoms with Crippen molar-refractivity contribution in [2.24, 2.45) is 0 Å². The molecule has 0 saturated carbocycles. The largest absolute Gasteiger partial charge is 0.475 e. The summed E-state index contributed by atoms with van der Waals surface area (Å²) in [6.07, 6.45) is 0. The summed E-state index contributed by atoms with van der Waals surface area (Å²) in [6, 6.07) is 1.73. The van der Waals surface area contributed by atoms with Crippen LogP contribution in [0.1, 0.15) is 21.9 Å². The highest BCUT2D eigenvalue weighted by atomic mass is 32.2. The Morgan fingerprint density at radius 3 is 3.06 bits per heavy atom. The van der Waals surface area contributed by atoms with Crippen LogP contribution in [0, 0.1) is 6.92 Å². The van der Waals surface area contributed by atoms with Gasteiger partial charge in [0.15, 0.2) is 4.34 Å². The molecule has 0 bridgehead atoms. The van der Waals surface area contributed by atoms with E-state index in [9.17, 15) is 4.79 Å². The molecule has 0 radical (unpaired) electrons. The second kappa shape index (κ2) is 4.67. The van der Waals surface area contributed by atoms with E-state index in [1.54, 1.807) is 18.5 Å². The minimum absolute atomic E-state index is 0.00728. The summed E-state index contributed by atoms with van der Waals surface area (Å²) in [5, 5.41) is 16.4. The lowest BCUT2D eigenvalue weighted by atomic mass is 10.3. The van der Waals surface area contributed by atoms with Gasteiger partial charge in [-0.3, -0.25) is 0 Å². The molecule has 0 unspecified atom stereocenters. The van der Waals surface area contributed by atoms with E-state index in [0.29, 0.717) is 17.1 Å². The van der Waals surface area contributed by atoms with E-state index in [-0.39, 0.29) is 5.76 Å². The topological polar surface area (TPSA) is 76.2 Å². The third-order valence-corrected chi connectivity index (χ3v) is 3.72. The summed E-state index contributed by atoms with van der Waals surface area (Å²) in [6.45, 7) is 1.71. The van der Waals surface area contributed by atoms with Gasteiger partial charge in [0.2, 0.25) is 5.76 Å². The van der Waals surface area contributed by atoms with Crippen molar-refractivity contribution in [1.29, 1.82) is 0 Å². The third-order valence-electron chi connectivity index (χ3n) is 1.84. The molecule has 0 aromatic carbocycles. The van der Waals surface area contributed by atoms with Crippen LogP contribution in [0.25, 0.3) is 0 Å². The van der Waals surface area contributed by atoms with E-state index >= 15 is 0 Å². The van der Waals surface area contributed by atoms with Crippen molar-refractivity contribution >= 4 is 29.1 Å². The summed E-state index contributed by atoms with van der Waals surface area (Å²) in [5.74, 6) is 0.163. The Balaban J connectivity index is 2.05. The van der Waals surface area contributed by atoms with E-state index in [0.717, 1.165) is 4.34 Å². The van der Waals surface area contributed by atoms with Gasteiger partial charge in [-0.1, -0.05) is 23.1 Å². The van der Waals surface area contributed by atoms with Crippen molar-refractivity contribution < 1.29 is 14.3 Å². The molecular formula is C9H8N2O3S2. The van der Waals surface area contributed by atoms with Gasteiger partial charge in [0.25, 0.3) is 0 Å². The maximum atomic E-state index is 10.7. The molecule has 2 aromatic rings. The van der Waals surface area contributed by atoms with Crippen LogP contribution in [-0.2, 0) is 5.75 Å². The zero-order chi connectivity index (χ0) is 11.5. The van der Waals surface area contributed by atoms with Gasteiger partial charge in [-0.05, 0) is 13.0 Å². The fourth-order valence-corrected chi connectivity index (χ4v) is 2.56. The van der Waals surface area contributed by atoms with E-state index in [2.05, 4.69) is 10.2 Å². The van der Waals surface area contributed by atoms with Crippen LogP contribution in [0.15, 0.2) is 20.3 Å². The predicted octanol–water partition coefficient (Wildman–Crippen LogP) is 2.43. The molecule has 0 saturated heterocycles. The van der Waals surface area contributed by atoms with Gasteiger partial charge >= 0.3 is 5.97 Å². The summed E-state index contributed by atoms with van der Waals surface area (Å²) < 4.78 is 6.05. The summed E-state index contributed by atoms with van der Waals surface area (Å²) in [5.41, 5.74) is 2.29. The Bertz CT molecular complexity index is 493. The molecule has 0 spiro atoms. The van der Waals surface area contributed by atoms with Gasteiger partial charge < -0.3 is 9.52 Å². The van der Waals surface area contributed by atoms with Crippen molar-refractivity contribution in [2.45, 2.75) is 17.0 Å². The van der Waals surface area contributed by atoms with E-state index in [4.69, 9.17) is 9.52 Å². The molecule has 0 fully saturated rings. The van der Waals surface area contributed by atoms with Crippen LogP contribution in [0.3, 0.4) is 0 Å². The highest BCUT2D eigenvalue weighted by Crippen LogP contribution is 2.25. The number of aromatic carboxylic acids is 1. The smallest absolute Gasteiger partial charge is 0.372 e. The number of carbonyl (C=O) groups is 1. The number of thioether (sulfide) groups is 1. The van der Waals surface area contributed by atoms with Crippen LogP contribution >= 0.6 is 23.1 Å². The molecule has 2 aromatic heterocycles. The first-order chi connectivity index (χ1) is 7.66. The molecule has 1 N–H and O–H groups in total. The first-order valence-electron chi connectivity index (χ1n) is 4.38. The summed E-state index contributed by atoms with van der Waals surface area (Å²) in [4.78, 5) is 10.7. The summed E-state index contributed by atoms with van der Waals surface area (Å²) >= 11 is 2.91. The van der Waals surface area contributed by atoms with Crippen molar-refractivity contribution in [3.63, 3.8) is 0 Å². The lowest BCUT2D eigenvalue weighted by Crippen LogP contribution is -1.94. The fourth-order valence-electron chi connectivity index (χ4n) is 1.19. The maximum absolute atomic E-state index is 10.7. The van der Waals surface area contributed by atoms with Crippen molar-refractivity contribution in [3.8, 4) is 0 Å². The number of nitrogens with zero attached hydrogens (tertiary/aromatic N) is 2. The zero-order valence-corrected chi connectivity index (χ0v) is 9.97. The number of hydrogen-bond donors (Lipinski definition) is 1. The number of aryl methyl sites for hydroxylation is 1. The highest BCUT2D eigenvalue weighted by Gasteiger charge is 2.14. The van der Waals surface area contributed by atoms with Gasteiger partial charge in [0.1, 0.15) is 11.3 Å². The van der Waals surface area contributed by atoms with Gasteiger partial charge in [-0.15, -0.1) is 10.2 Å². The van der Waals surface area contributed by atoms with Crippen LogP contribution < -0.4 is 0 Å². The number of rotatable bonds is 4. The molecule has 16 heavy (non-hydrogen) atoms. The van der Waals surface area contributed by atoms with Crippen molar-refractivity contribution in [1.82, 2.24) is 10.2 Å². The number of carboxylic acids is 1. The molecule has 0 aliphatic rings. The average molecular weight is 256 g/mol. The maximum Gasteiger partial charge on any atom is 0.372 e. The Kier molecular flexibility index (Phi) is 3.25. The first kappa shape index (κ1) is 11.2. The number of hydrogen-bond acceptors (Lipinski definition) is 6. The Morgan fingerprint density at radius 2 is 2.50 bits per heavy atom. The highest BCUT2D eigenvalue weighted by molar-refractivity contribution is 8.00. The van der Waals surface area contributed by atoms with Gasteiger partial charge in [-0.25, -0.2) is 4.79 Å². The Labute approximate surface area is 99.5 Å². The van der Waals surface area contributed by atoms with Crippen LogP contribution in [0.5, 0.6) is 0 Å². The normalized spacial score (nSPS) is 10.6. The van der Waals surface area contributed by atoms with Crippen LogP contribution in [0.2, 0.25) is 0 Å². The van der Waals surface area contributed by atoms with Gasteiger partial charge in [0.05, 0.1) is 5.75 Å². The quantitative estimate of drug-likeness (QED) is 0.847. The lowest BCUT2D eigenvalue weighted by Gasteiger charge is -1.92. The standard InChI is InChI=1S/C9H8N2O3S2/c1-5-2-6(14-7(5)8(12)13)3-15-9-11-10-4-16-9/h2,4H,3H2,1H3,(H,12,13). The fraction of sp³-hybridized carbons (Fsp3) is 0.222. The number of furan rings is 1. The molecule has 2 heterocycles. The van der Waals surface area contributed by atoms with Crippen LogP contribution in [0.4, 0.5) is 0 Å². The molecule has 84 valence electrons. The minimum atomic E-state index is -1.04. The predicted molar refractivity (Wildman–Crippen MR) is 59.9 cm³/mol. The Hall–Kier alpha value is -1.34. The van der Waals surface area contributed by atoms with Crippen molar-refractivity contribution in [3.05, 3.63) is 28.7 Å². The van der Waals surface area contributed by atoms with E-state index < -0.39 is 5.97 Å². The van der Waals surface area contributed by atoms with Gasteiger partial charge in [0, 0.05) is 5.56 Å². The van der Waals surface area contributed by atoms with E-state index in [1.807, 2.05) is 0 Å². The second-order valence-corrected chi connectivity index (χ2v) is 5.08. The first-order valence-corrected chi connectivity index (χ1v) is 6.25. The molecule has 7 heteroatoms.